The van der Waals surface area contributed by atoms with E-state index in [9.17, 15) is 9.59 Å². The summed E-state index contributed by atoms with van der Waals surface area (Å²) in [6, 6.07) is 11.9. The highest BCUT2D eigenvalue weighted by molar-refractivity contribution is 6.34. The van der Waals surface area contributed by atoms with Crippen LogP contribution in [0.2, 0.25) is 5.02 Å². The number of nitrogens with one attached hydrogen (secondary N) is 2. The molecule has 0 aliphatic carbocycles. The van der Waals surface area contributed by atoms with Crippen LogP contribution in [-0.2, 0) is 4.79 Å². The van der Waals surface area contributed by atoms with Gasteiger partial charge in [-0.25, -0.2) is 0 Å². The molecule has 0 atom stereocenters. The average molecular weight is 319 g/mol. The molecule has 2 amide bonds. The highest BCUT2D eigenvalue weighted by Crippen LogP contribution is 2.34. The number of carbonyl (C=O) groups is 2. The summed E-state index contributed by atoms with van der Waals surface area (Å²) in [5, 5.41) is 5.63. The molecule has 0 heterocycles. The van der Waals surface area contributed by atoms with Crippen molar-refractivity contribution in [1.29, 1.82) is 0 Å². The van der Waals surface area contributed by atoms with Gasteiger partial charge in [0.05, 0.1) is 23.5 Å². The maximum atomic E-state index is 12.1. The van der Waals surface area contributed by atoms with Crippen molar-refractivity contribution in [3.05, 3.63) is 53.1 Å². The Kier molecular flexibility index (Phi) is 5.01. The van der Waals surface area contributed by atoms with Crippen molar-refractivity contribution in [3.63, 3.8) is 0 Å². The lowest BCUT2D eigenvalue weighted by Crippen LogP contribution is -2.13. The molecule has 2 aromatic carbocycles. The number of halogens is 1. The number of carbonyl (C=O) groups excluding carboxylic acids is 2. The van der Waals surface area contributed by atoms with Gasteiger partial charge in [0.1, 0.15) is 5.75 Å². The maximum Gasteiger partial charge on any atom is 0.255 e. The number of benzene rings is 2. The van der Waals surface area contributed by atoms with E-state index in [4.69, 9.17) is 16.3 Å². The Bertz CT molecular complexity index is 702. The minimum atomic E-state index is -0.281. The van der Waals surface area contributed by atoms with Gasteiger partial charge in [-0.05, 0) is 18.2 Å². The molecule has 0 aliphatic rings. The lowest BCUT2D eigenvalue weighted by Gasteiger charge is -2.13. The molecular formula is C16H15ClN2O3. The minimum absolute atomic E-state index is 0.240. The molecule has 0 saturated heterocycles. The quantitative estimate of drug-likeness (QED) is 0.905. The van der Waals surface area contributed by atoms with Gasteiger partial charge in [0.15, 0.2) is 0 Å². The van der Waals surface area contributed by atoms with Crippen LogP contribution in [0, 0.1) is 0 Å². The third kappa shape index (κ3) is 3.77. The molecule has 2 aromatic rings. The van der Waals surface area contributed by atoms with Crippen LogP contribution in [0.5, 0.6) is 5.75 Å². The number of hydrogen-bond acceptors (Lipinski definition) is 3. The van der Waals surface area contributed by atoms with E-state index in [1.165, 1.54) is 20.1 Å². The van der Waals surface area contributed by atoms with Crippen LogP contribution in [0.3, 0.4) is 0 Å². The molecule has 2 N–H and O–H groups in total. The normalized spacial score (nSPS) is 9.95. The predicted octanol–water partition coefficient (Wildman–Crippen LogP) is 3.56. The van der Waals surface area contributed by atoms with Crippen molar-refractivity contribution in [3.8, 4) is 5.75 Å². The van der Waals surface area contributed by atoms with E-state index in [-0.39, 0.29) is 11.8 Å². The lowest BCUT2D eigenvalue weighted by molar-refractivity contribution is -0.114. The first kappa shape index (κ1) is 15.9. The van der Waals surface area contributed by atoms with E-state index >= 15 is 0 Å². The summed E-state index contributed by atoms with van der Waals surface area (Å²) in [6.45, 7) is 1.39. The van der Waals surface area contributed by atoms with Crippen LogP contribution in [-0.4, -0.2) is 18.9 Å². The summed E-state index contributed by atoms with van der Waals surface area (Å²) < 4.78 is 5.20. The van der Waals surface area contributed by atoms with Crippen LogP contribution in [0.25, 0.3) is 0 Å². The van der Waals surface area contributed by atoms with E-state index in [1.54, 1.807) is 30.3 Å². The van der Waals surface area contributed by atoms with Crippen LogP contribution in [0.15, 0.2) is 42.5 Å². The summed E-state index contributed by atoms with van der Waals surface area (Å²) in [5.41, 5.74) is 1.36. The average Bonchev–Trinajstić information content (AvgIpc) is 2.50. The number of rotatable bonds is 4. The monoisotopic (exact) mass is 318 g/mol. The highest BCUT2D eigenvalue weighted by Gasteiger charge is 2.13. The van der Waals surface area contributed by atoms with Gasteiger partial charge in [0, 0.05) is 18.6 Å². The zero-order chi connectivity index (χ0) is 16.1. The van der Waals surface area contributed by atoms with Crippen molar-refractivity contribution < 1.29 is 14.3 Å². The molecular weight excluding hydrogens is 304 g/mol. The number of hydrogen-bond donors (Lipinski definition) is 2. The second-order valence-electron chi connectivity index (χ2n) is 4.53. The largest absolute Gasteiger partial charge is 0.494 e. The lowest BCUT2D eigenvalue weighted by atomic mass is 10.2. The van der Waals surface area contributed by atoms with Crippen molar-refractivity contribution in [1.82, 2.24) is 0 Å². The minimum Gasteiger partial charge on any atom is -0.494 e. The number of ether oxygens (including phenoxy) is 1. The number of amides is 2. The Morgan fingerprint density at radius 1 is 1.05 bits per heavy atom. The topological polar surface area (TPSA) is 67.4 Å². The molecule has 114 valence electrons. The Labute approximate surface area is 133 Å². The second-order valence-corrected chi connectivity index (χ2v) is 4.94. The molecule has 0 aliphatic heterocycles. The third-order valence-electron chi connectivity index (χ3n) is 2.88. The van der Waals surface area contributed by atoms with Gasteiger partial charge in [-0.2, -0.15) is 0 Å². The van der Waals surface area contributed by atoms with E-state index in [2.05, 4.69) is 10.6 Å². The molecule has 0 saturated carbocycles. The number of methoxy groups -OCH3 is 1. The molecule has 22 heavy (non-hydrogen) atoms. The van der Waals surface area contributed by atoms with Crippen molar-refractivity contribution >= 4 is 34.8 Å². The van der Waals surface area contributed by atoms with Gasteiger partial charge in [0.2, 0.25) is 5.91 Å². The molecule has 2 rings (SSSR count). The first-order valence-corrected chi connectivity index (χ1v) is 6.90. The third-order valence-corrected chi connectivity index (χ3v) is 3.20. The molecule has 0 aromatic heterocycles. The van der Waals surface area contributed by atoms with E-state index in [1.807, 2.05) is 6.07 Å². The number of anilines is 2. The summed E-state index contributed by atoms with van der Waals surface area (Å²) in [7, 11) is 1.47. The van der Waals surface area contributed by atoms with Crippen molar-refractivity contribution in [2.75, 3.05) is 17.7 Å². The summed E-state index contributed by atoms with van der Waals surface area (Å²) >= 11 is 6.15. The zero-order valence-electron chi connectivity index (χ0n) is 12.1. The maximum absolute atomic E-state index is 12.1. The molecule has 0 spiro atoms. The first-order chi connectivity index (χ1) is 10.5. The summed E-state index contributed by atoms with van der Waals surface area (Å²) in [5.74, 6) is -0.116. The smallest absolute Gasteiger partial charge is 0.255 e. The Morgan fingerprint density at radius 3 is 2.32 bits per heavy atom. The molecule has 0 unspecified atom stereocenters. The Hall–Kier alpha value is -2.53. The molecule has 0 fully saturated rings. The Morgan fingerprint density at radius 2 is 1.73 bits per heavy atom. The van der Waals surface area contributed by atoms with Gasteiger partial charge in [-0.3, -0.25) is 9.59 Å². The fraction of sp³-hybridized carbons (Fsp3) is 0.125. The highest BCUT2D eigenvalue weighted by atomic mass is 35.5. The Balaban J connectivity index is 2.28. The van der Waals surface area contributed by atoms with Gasteiger partial charge >= 0.3 is 0 Å². The van der Waals surface area contributed by atoms with Crippen LogP contribution < -0.4 is 15.4 Å². The molecule has 5 nitrogen and oxygen atoms in total. The van der Waals surface area contributed by atoms with Crippen molar-refractivity contribution in [2.45, 2.75) is 6.92 Å². The second kappa shape index (κ2) is 6.95. The molecule has 0 bridgehead atoms. The van der Waals surface area contributed by atoms with E-state index < -0.39 is 0 Å². The first-order valence-electron chi connectivity index (χ1n) is 6.52. The van der Waals surface area contributed by atoms with Crippen molar-refractivity contribution in [2.24, 2.45) is 0 Å². The van der Waals surface area contributed by atoms with E-state index in [0.717, 1.165) is 0 Å². The standard InChI is InChI=1S/C16H15ClN2O3/c1-10(20)18-14-8-12(17)13(9-15(14)22-2)19-16(21)11-6-4-3-5-7-11/h3-9H,1-2H3,(H,18,20)(H,19,21). The predicted molar refractivity (Wildman–Crippen MR) is 86.7 cm³/mol. The SMILES string of the molecule is COc1cc(NC(=O)c2ccccc2)c(Cl)cc1NC(C)=O. The van der Waals surface area contributed by atoms with Gasteiger partial charge < -0.3 is 15.4 Å². The summed E-state index contributed by atoms with van der Waals surface area (Å²) in [4.78, 5) is 23.3. The van der Waals surface area contributed by atoms with Crippen LogP contribution in [0.1, 0.15) is 17.3 Å². The fourth-order valence-electron chi connectivity index (χ4n) is 1.89. The van der Waals surface area contributed by atoms with Crippen LogP contribution >= 0.6 is 11.6 Å². The van der Waals surface area contributed by atoms with Gasteiger partial charge in [-0.1, -0.05) is 29.8 Å². The fourth-order valence-corrected chi connectivity index (χ4v) is 2.10. The zero-order valence-corrected chi connectivity index (χ0v) is 12.9. The molecule has 0 radical (unpaired) electrons. The van der Waals surface area contributed by atoms with Gasteiger partial charge in [-0.15, -0.1) is 0 Å². The summed E-state index contributed by atoms with van der Waals surface area (Å²) in [6.07, 6.45) is 0. The molecule has 6 heteroatoms. The van der Waals surface area contributed by atoms with Gasteiger partial charge in [0.25, 0.3) is 5.91 Å². The van der Waals surface area contributed by atoms with Crippen LogP contribution in [0.4, 0.5) is 11.4 Å². The van der Waals surface area contributed by atoms with E-state index in [0.29, 0.717) is 27.7 Å².